The van der Waals surface area contributed by atoms with Crippen molar-refractivity contribution in [1.29, 1.82) is 0 Å². The lowest BCUT2D eigenvalue weighted by Crippen LogP contribution is -2.44. The van der Waals surface area contributed by atoms with E-state index in [2.05, 4.69) is 47.1 Å². The van der Waals surface area contributed by atoms with Crippen LogP contribution in [0, 0.1) is 0 Å². The number of aromatic nitrogens is 2. The van der Waals surface area contributed by atoms with E-state index in [-0.39, 0.29) is 5.54 Å². The highest BCUT2D eigenvalue weighted by molar-refractivity contribution is 6.99. The molecule has 86 valence electrons. The molecule has 1 rings (SSSR count). The normalized spacial score (nSPS) is 14.1. The summed E-state index contributed by atoms with van der Waals surface area (Å²) in [6.45, 7) is 10.4. The van der Waals surface area contributed by atoms with E-state index in [1.807, 2.05) is 6.20 Å². The Balaban J connectivity index is 2.16. The molecule has 0 aromatic carbocycles. The van der Waals surface area contributed by atoms with Crippen molar-refractivity contribution in [3.8, 4) is 0 Å². The van der Waals surface area contributed by atoms with Gasteiger partial charge in [-0.2, -0.15) is 8.75 Å². The molecule has 2 N–H and O–H groups in total. The molecule has 0 saturated carbocycles. The van der Waals surface area contributed by atoms with Crippen LogP contribution in [0.15, 0.2) is 6.20 Å². The minimum atomic E-state index is 0.179. The summed E-state index contributed by atoms with van der Waals surface area (Å²) in [4.78, 5) is 0. The summed E-state index contributed by atoms with van der Waals surface area (Å²) < 4.78 is 8.11. The first kappa shape index (κ1) is 12.5. The van der Waals surface area contributed by atoms with E-state index in [0.29, 0.717) is 6.04 Å². The Hall–Kier alpha value is -0.520. The van der Waals surface area contributed by atoms with Crippen molar-refractivity contribution in [3.63, 3.8) is 0 Å². The lowest BCUT2D eigenvalue weighted by molar-refractivity contribution is 0.387. The fraction of sp³-hybridized carbons (Fsp3) is 0.800. The molecule has 0 saturated heterocycles. The second-order valence-electron chi connectivity index (χ2n) is 4.81. The molecule has 0 radical (unpaired) electrons. The molecule has 1 heterocycles. The van der Waals surface area contributed by atoms with E-state index in [4.69, 9.17) is 0 Å². The summed E-state index contributed by atoms with van der Waals surface area (Å²) in [5, 5.41) is 6.86. The standard InChI is InChI=1S/C10H20N4S/c1-8(5-12-10(2,3)4)11-6-9-7-13-15-14-9/h7-8,11-12H,5-6H2,1-4H3. The molecule has 0 spiro atoms. The Bertz CT molecular complexity index is 265. The van der Waals surface area contributed by atoms with Gasteiger partial charge in [-0.25, -0.2) is 0 Å². The molecular weight excluding hydrogens is 208 g/mol. The van der Waals surface area contributed by atoms with Crippen molar-refractivity contribution < 1.29 is 0 Å². The first-order valence-corrected chi connectivity index (χ1v) is 5.95. The monoisotopic (exact) mass is 228 g/mol. The largest absolute Gasteiger partial charge is 0.311 e. The molecule has 5 heteroatoms. The van der Waals surface area contributed by atoms with Gasteiger partial charge in [-0.1, -0.05) is 0 Å². The summed E-state index contributed by atoms with van der Waals surface area (Å²) in [5.41, 5.74) is 1.20. The molecule has 1 atom stereocenters. The quantitative estimate of drug-likeness (QED) is 0.800. The Morgan fingerprint density at radius 3 is 2.73 bits per heavy atom. The molecule has 0 fully saturated rings. The maximum absolute atomic E-state index is 4.14. The van der Waals surface area contributed by atoms with Crippen molar-refractivity contribution >= 4 is 11.7 Å². The Morgan fingerprint density at radius 2 is 2.20 bits per heavy atom. The average Bonchev–Trinajstić information content (AvgIpc) is 2.62. The molecule has 0 aliphatic rings. The number of nitrogens with zero attached hydrogens (tertiary/aromatic N) is 2. The molecule has 15 heavy (non-hydrogen) atoms. The van der Waals surface area contributed by atoms with Crippen LogP contribution in [-0.2, 0) is 6.54 Å². The van der Waals surface area contributed by atoms with Crippen LogP contribution in [0.2, 0.25) is 0 Å². The molecule has 1 aromatic rings. The molecule has 0 amide bonds. The summed E-state index contributed by atoms with van der Waals surface area (Å²) in [5.74, 6) is 0. The van der Waals surface area contributed by atoms with Crippen LogP contribution in [0.1, 0.15) is 33.4 Å². The van der Waals surface area contributed by atoms with Crippen molar-refractivity contribution in [2.24, 2.45) is 0 Å². The third kappa shape index (κ3) is 5.81. The lowest BCUT2D eigenvalue weighted by Gasteiger charge is -2.23. The van der Waals surface area contributed by atoms with Crippen molar-refractivity contribution in [2.45, 2.75) is 45.8 Å². The van der Waals surface area contributed by atoms with Gasteiger partial charge >= 0.3 is 0 Å². The number of hydrogen-bond donors (Lipinski definition) is 2. The zero-order chi connectivity index (χ0) is 11.3. The van der Waals surface area contributed by atoms with Crippen molar-refractivity contribution in [2.75, 3.05) is 6.54 Å². The number of nitrogens with one attached hydrogen (secondary N) is 2. The van der Waals surface area contributed by atoms with Gasteiger partial charge in [0.05, 0.1) is 23.6 Å². The Kier molecular flexibility index (Phi) is 4.63. The van der Waals surface area contributed by atoms with Crippen LogP contribution in [-0.4, -0.2) is 26.9 Å². The molecular formula is C10H20N4S. The molecule has 1 aromatic heterocycles. The van der Waals surface area contributed by atoms with Gasteiger partial charge in [0.25, 0.3) is 0 Å². The van der Waals surface area contributed by atoms with E-state index in [1.165, 1.54) is 11.7 Å². The number of hydrogen-bond acceptors (Lipinski definition) is 5. The van der Waals surface area contributed by atoms with E-state index in [1.54, 1.807) is 0 Å². The van der Waals surface area contributed by atoms with Crippen LogP contribution in [0.5, 0.6) is 0 Å². The van der Waals surface area contributed by atoms with Crippen LogP contribution in [0.25, 0.3) is 0 Å². The Labute approximate surface area is 95.8 Å². The lowest BCUT2D eigenvalue weighted by atomic mass is 10.1. The molecule has 0 aliphatic carbocycles. The van der Waals surface area contributed by atoms with Crippen LogP contribution in [0.3, 0.4) is 0 Å². The highest BCUT2D eigenvalue weighted by Gasteiger charge is 2.10. The van der Waals surface area contributed by atoms with Gasteiger partial charge in [0.15, 0.2) is 0 Å². The maximum Gasteiger partial charge on any atom is 0.0880 e. The van der Waals surface area contributed by atoms with Gasteiger partial charge in [0.2, 0.25) is 0 Å². The van der Waals surface area contributed by atoms with Crippen LogP contribution in [0.4, 0.5) is 0 Å². The summed E-state index contributed by atoms with van der Waals surface area (Å²) >= 11 is 1.25. The molecule has 0 aliphatic heterocycles. The fourth-order valence-electron chi connectivity index (χ4n) is 1.07. The maximum atomic E-state index is 4.14. The molecule has 4 nitrogen and oxygen atoms in total. The second kappa shape index (κ2) is 5.53. The van der Waals surface area contributed by atoms with E-state index >= 15 is 0 Å². The SMILES string of the molecule is CC(CNC(C)(C)C)NCc1cnsn1. The topological polar surface area (TPSA) is 49.8 Å². The van der Waals surface area contributed by atoms with E-state index in [9.17, 15) is 0 Å². The van der Waals surface area contributed by atoms with E-state index in [0.717, 1.165) is 18.8 Å². The van der Waals surface area contributed by atoms with Gasteiger partial charge in [-0.3, -0.25) is 0 Å². The average molecular weight is 228 g/mol. The van der Waals surface area contributed by atoms with Crippen LogP contribution < -0.4 is 10.6 Å². The third-order valence-electron chi connectivity index (χ3n) is 1.98. The summed E-state index contributed by atoms with van der Waals surface area (Å²) in [6, 6.07) is 0.436. The highest BCUT2D eigenvalue weighted by atomic mass is 32.1. The predicted octanol–water partition coefficient (Wildman–Crippen LogP) is 1.40. The first-order valence-electron chi connectivity index (χ1n) is 5.22. The molecule has 1 unspecified atom stereocenters. The van der Waals surface area contributed by atoms with Crippen molar-refractivity contribution in [1.82, 2.24) is 19.4 Å². The smallest absolute Gasteiger partial charge is 0.0880 e. The van der Waals surface area contributed by atoms with Gasteiger partial charge in [0, 0.05) is 24.7 Å². The summed E-state index contributed by atoms with van der Waals surface area (Å²) in [6.07, 6.45) is 1.81. The zero-order valence-electron chi connectivity index (χ0n) is 9.87. The molecule has 0 bridgehead atoms. The minimum absolute atomic E-state index is 0.179. The van der Waals surface area contributed by atoms with Gasteiger partial charge < -0.3 is 10.6 Å². The predicted molar refractivity (Wildman–Crippen MR) is 64.0 cm³/mol. The highest BCUT2D eigenvalue weighted by Crippen LogP contribution is 1.99. The fourth-order valence-corrected chi connectivity index (χ4v) is 1.50. The third-order valence-corrected chi connectivity index (χ3v) is 2.49. The second-order valence-corrected chi connectivity index (χ2v) is 5.37. The Morgan fingerprint density at radius 1 is 1.47 bits per heavy atom. The van der Waals surface area contributed by atoms with Gasteiger partial charge in [-0.15, -0.1) is 0 Å². The first-order chi connectivity index (χ1) is 6.97. The summed E-state index contributed by atoms with van der Waals surface area (Å²) in [7, 11) is 0. The van der Waals surface area contributed by atoms with Gasteiger partial charge in [-0.05, 0) is 27.7 Å². The van der Waals surface area contributed by atoms with Gasteiger partial charge in [0.1, 0.15) is 0 Å². The van der Waals surface area contributed by atoms with Crippen molar-refractivity contribution in [3.05, 3.63) is 11.9 Å². The number of rotatable bonds is 5. The zero-order valence-corrected chi connectivity index (χ0v) is 10.7. The minimum Gasteiger partial charge on any atom is -0.311 e. The van der Waals surface area contributed by atoms with Crippen LogP contribution >= 0.6 is 11.7 Å². The van der Waals surface area contributed by atoms with E-state index < -0.39 is 0 Å².